The van der Waals surface area contributed by atoms with Crippen molar-refractivity contribution in [2.24, 2.45) is 0 Å². The topological polar surface area (TPSA) is 82.2 Å². The van der Waals surface area contributed by atoms with Crippen LogP contribution in [0.3, 0.4) is 0 Å². The van der Waals surface area contributed by atoms with E-state index in [9.17, 15) is 41.0 Å². The van der Waals surface area contributed by atoms with Crippen LogP contribution in [0.15, 0.2) is 48.7 Å². The lowest BCUT2D eigenvalue weighted by atomic mass is 10.0. The molecule has 0 aliphatic heterocycles. The van der Waals surface area contributed by atoms with E-state index in [0.29, 0.717) is 17.7 Å². The molecule has 170 valence electrons. The number of halogens is 6. The molecule has 1 heterocycles. The highest BCUT2D eigenvalue weighted by Gasteiger charge is 2.37. The average molecular weight is 458 g/mol. The van der Waals surface area contributed by atoms with Crippen molar-refractivity contribution in [2.75, 3.05) is 0 Å². The van der Waals surface area contributed by atoms with Gasteiger partial charge in [-0.25, -0.2) is 4.79 Å². The number of amides is 1. The molecule has 1 atom stereocenters. The number of carboxylic acid groups (broad SMARTS) is 1. The quantitative estimate of drug-likeness (QED) is 0.474. The van der Waals surface area contributed by atoms with Crippen molar-refractivity contribution in [3.05, 3.63) is 70.9 Å². The van der Waals surface area contributed by atoms with Crippen LogP contribution in [0.1, 0.15) is 22.3 Å². The molecule has 0 radical (unpaired) electrons. The van der Waals surface area contributed by atoms with Gasteiger partial charge in [-0.05, 0) is 35.4 Å². The van der Waals surface area contributed by atoms with Gasteiger partial charge < -0.3 is 15.4 Å². The Bertz CT molecular complexity index is 1120. The van der Waals surface area contributed by atoms with E-state index in [4.69, 9.17) is 0 Å². The summed E-state index contributed by atoms with van der Waals surface area (Å²) in [6.45, 7) is 0. The SMILES string of the molecule is O=C(Cc1cc(C(F)(F)F)cc(C(F)(F)F)c1)N[C@H](Cc1c[nH]c2ccccc12)C(=O)O. The Hall–Kier alpha value is -3.50. The van der Waals surface area contributed by atoms with E-state index in [1.54, 1.807) is 30.5 Å². The number of fused-ring (bicyclic) bond motifs is 1. The molecule has 11 heteroatoms. The Morgan fingerprint density at radius 1 is 0.969 bits per heavy atom. The van der Waals surface area contributed by atoms with E-state index in [1.165, 1.54) is 0 Å². The maximum Gasteiger partial charge on any atom is 0.416 e. The molecule has 3 aromatic rings. The number of H-pyrrole nitrogens is 1. The molecule has 3 N–H and O–H groups in total. The minimum atomic E-state index is -5.05. The number of nitrogens with one attached hydrogen (secondary N) is 2. The van der Waals surface area contributed by atoms with Crippen LogP contribution < -0.4 is 5.32 Å². The van der Waals surface area contributed by atoms with Crippen LogP contribution in [0.2, 0.25) is 0 Å². The summed E-state index contributed by atoms with van der Waals surface area (Å²) in [7, 11) is 0. The van der Waals surface area contributed by atoms with Crippen molar-refractivity contribution >= 4 is 22.8 Å². The molecule has 0 bridgehead atoms. The molecule has 0 saturated heterocycles. The van der Waals surface area contributed by atoms with Gasteiger partial charge in [0.15, 0.2) is 0 Å². The summed E-state index contributed by atoms with van der Waals surface area (Å²) in [6, 6.07) is 6.40. The molecular weight excluding hydrogens is 442 g/mol. The fourth-order valence-corrected chi connectivity index (χ4v) is 3.27. The maximum atomic E-state index is 13.0. The largest absolute Gasteiger partial charge is 0.480 e. The lowest BCUT2D eigenvalue weighted by Gasteiger charge is -2.16. The predicted octanol–water partition coefficient (Wildman–Crippen LogP) is 4.56. The molecule has 1 amide bonds. The molecule has 32 heavy (non-hydrogen) atoms. The van der Waals surface area contributed by atoms with E-state index in [0.717, 1.165) is 10.9 Å². The molecule has 0 fully saturated rings. The van der Waals surface area contributed by atoms with Gasteiger partial charge in [-0.2, -0.15) is 26.3 Å². The van der Waals surface area contributed by atoms with Crippen molar-refractivity contribution in [2.45, 2.75) is 31.2 Å². The van der Waals surface area contributed by atoms with Crippen molar-refractivity contribution in [3.63, 3.8) is 0 Å². The highest BCUT2D eigenvalue weighted by atomic mass is 19.4. The van der Waals surface area contributed by atoms with Gasteiger partial charge in [0.05, 0.1) is 17.5 Å². The van der Waals surface area contributed by atoms with Gasteiger partial charge in [0.1, 0.15) is 6.04 Å². The van der Waals surface area contributed by atoms with Crippen LogP contribution in [0.4, 0.5) is 26.3 Å². The zero-order valence-electron chi connectivity index (χ0n) is 16.1. The normalized spacial score (nSPS) is 13.2. The number of aromatic nitrogens is 1. The van der Waals surface area contributed by atoms with Gasteiger partial charge in [-0.15, -0.1) is 0 Å². The number of carbonyl (C=O) groups excluding carboxylic acids is 1. The summed E-state index contributed by atoms with van der Waals surface area (Å²) < 4.78 is 77.9. The third-order valence-corrected chi connectivity index (χ3v) is 4.74. The second-order valence-electron chi connectivity index (χ2n) is 7.11. The predicted molar refractivity (Wildman–Crippen MR) is 102 cm³/mol. The first-order valence-corrected chi connectivity index (χ1v) is 9.20. The molecule has 0 aliphatic carbocycles. The third kappa shape index (κ3) is 5.40. The van der Waals surface area contributed by atoms with Crippen LogP contribution in [0, 0.1) is 0 Å². The number of hydrogen-bond donors (Lipinski definition) is 3. The van der Waals surface area contributed by atoms with E-state index in [-0.39, 0.29) is 12.5 Å². The zero-order chi connectivity index (χ0) is 23.7. The van der Waals surface area contributed by atoms with Gasteiger partial charge in [0, 0.05) is 23.5 Å². The molecule has 0 aliphatic rings. The highest BCUT2D eigenvalue weighted by Crippen LogP contribution is 2.36. The van der Waals surface area contributed by atoms with Crippen molar-refractivity contribution in [1.29, 1.82) is 0 Å². The number of aliphatic carboxylic acids is 1. The van der Waals surface area contributed by atoms with E-state index in [2.05, 4.69) is 10.3 Å². The first-order chi connectivity index (χ1) is 14.8. The first kappa shape index (κ1) is 23.2. The molecule has 5 nitrogen and oxygen atoms in total. The minimum absolute atomic E-state index is 0.0432. The number of aromatic amines is 1. The molecule has 0 saturated carbocycles. The van der Waals surface area contributed by atoms with Crippen molar-refractivity contribution in [3.8, 4) is 0 Å². The van der Waals surface area contributed by atoms with E-state index < -0.39 is 53.4 Å². The van der Waals surface area contributed by atoms with Gasteiger partial charge in [-0.3, -0.25) is 4.79 Å². The number of alkyl halides is 6. The minimum Gasteiger partial charge on any atom is -0.480 e. The van der Waals surface area contributed by atoms with Crippen LogP contribution >= 0.6 is 0 Å². The second-order valence-corrected chi connectivity index (χ2v) is 7.11. The average Bonchev–Trinajstić information content (AvgIpc) is 3.09. The third-order valence-electron chi connectivity index (χ3n) is 4.74. The molecular formula is C21H16F6N2O3. The molecule has 3 rings (SSSR count). The summed E-state index contributed by atoms with van der Waals surface area (Å²) in [6.07, 6.45) is -9.53. The Morgan fingerprint density at radius 2 is 1.56 bits per heavy atom. The Morgan fingerprint density at radius 3 is 2.12 bits per heavy atom. The second kappa shape index (κ2) is 8.56. The van der Waals surface area contributed by atoms with E-state index in [1.807, 2.05) is 0 Å². The first-order valence-electron chi connectivity index (χ1n) is 9.20. The number of rotatable bonds is 6. The zero-order valence-corrected chi connectivity index (χ0v) is 16.1. The number of carbonyl (C=O) groups is 2. The smallest absolute Gasteiger partial charge is 0.416 e. The summed E-state index contributed by atoms with van der Waals surface area (Å²) in [5.74, 6) is -2.42. The monoisotopic (exact) mass is 458 g/mol. The lowest BCUT2D eigenvalue weighted by molar-refractivity contribution is -0.143. The lowest BCUT2D eigenvalue weighted by Crippen LogP contribution is -2.43. The molecule has 0 unspecified atom stereocenters. The van der Waals surface area contributed by atoms with Crippen LogP contribution in [-0.2, 0) is 34.8 Å². The Kier molecular flexibility index (Phi) is 6.20. The van der Waals surface area contributed by atoms with Gasteiger partial charge in [-0.1, -0.05) is 18.2 Å². The van der Waals surface area contributed by atoms with Crippen LogP contribution in [-0.4, -0.2) is 28.0 Å². The van der Waals surface area contributed by atoms with E-state index >= 15 is 0 Å². The summed E-state index contributed by atoms with van der Waals surface area (Å²) >= 11 is 0. The fourth-order valence-electron chi connectivity index (χ4n) is 3.27. The van der Waals surface area contributed by atoms with Crippen LogP contribution in [0.25, 0.3) is 10.9 Å². The molecule has 2 aromatic carbocycles. The summed E-state index contributed by atoms with van der Waals surface area (Å²) in [5, 5.41) is 12.3. The van der Waals surface area contributed by atoms with Gasteiger partial charge in [0.25, 0.3) is 0 Å². The fraction of sp³-hybridized carbons (Fsp3) is 0.238. The number of carboxylic acids is 1. The molecule has 0 spiro atoms. The number of hydrogen-bond acceptors (Lipinski definition) is 2. The standard InChI is InChI=1S/C21H16F6N2O3/c22-20(23,24)13-5-11(6-14(9-13)21(25,26)27)7-18(30)29-17(19(31)32)8-12-10-28-16-4-2-1-3-15(12)16/h1-6,9-10,17,28H,7-8H2,(H,29,30)(H,31,32)/t17-/m1/s1. The van der Waals surface area contributed by atoms with Gasteiger partial charge >= 0.3 is 18.3 Å². The van der Waals surface area contributed by atoms with Crippen molar-refractivity contribution < 1.29 is 41.0 Å². The Labute approximate surface area is 177 Å². The number of para-hydroxylation sites is 1. The summed E-state index contributed by atoms with van der Waals surface area (Å²) in [5.41, 5.74) is -2.33. The number of benzene rings is 2. The molecule has 1 aromatic heterocycles. The maximum absolute atomic E-state index is 13.0. The highest BCUT2D eigenvalue weighted by molar-refractivity contribution is 5.87. The summed E-state index contributed by atoms with van der Waals surface area (Å²) in [4.78, 5) is 26.8. The van der Waals surface area contributed by atoms with Crippen molar-refractivity contribution in [1.82, 2.24) is 10.3 Å². The Balaban J connectivity index is 1.80. The van der Waals surface area contributed by atoms with Crippen LogP contribution in [0.5, 0.6) is 0 Å². The van der Waals surface area contributed by atoms with Gasteiger partial charge in [0.2, 0.25) is 5.91 Å².